The lowest BCUT2D eigenvalue weighted by atomic mass is 9.85. The van der Waals surface area contributed by atoms with Crippen molar-refractivity contribution < 1.29 is 35.5 Å². The minimum Gasteiger partial charge on any atom is -0.497 e. The third kappa shape index (κ3) is 3.48. The zero-order chi connectivity index (χ0) is 25.0. The van der Waals surface area contributed by atoms with Crippen LogP contribution in [0, 0.1) is 40.7 Å². The van der Waals surface area contributed by atoms with Gasteiger partial charge < -0.3 is 4.74 Å². The molecule has 0 aliphatic rings. The molecule has 0 N–H and O–H groups in total. The second kappa shape index (κ2) is 8.30. The molecule has 0 saturated carbocycles. The molecule has 0 aliphatic heterocycles. The Labute approximate surface area is 194 Å². The highest BCUT2D eigenvalue weighted by Gasteiger charge is 2.29. The lowest BCUT2D eigenvalue weighted by Crippen LogP contribution is -2.03. The van der Waals surface area contributed by atoms with Gasteiger partial charge in [0.05, 0.1) is 7.11 Å². The fourth-order valence-electron chi connectivity index (χ4n) is 4.34. The van der Waals surface area contributed by atoms with Gasteiger partial charge in [-0.25, -0.2) is 30.7 Å². The molecule has 0 aliphatic carbocycles. The van der Waals surface area contributed by atoms with E-state index in [-0.39, 0.29) is 27.5 Å². The van der Waals surface area contributed by atoms with Crippen molar-refractivity contribution in [3.05, 3.63) is 101 Å². The van der Waals surface area contributed by atoms with Gasteiger partial charge in [-0.3, -0.25) is 0 Å². The first-order chi connectivity index (χ1) is 16.7. The summed E-state index contributed by atoms with van der Waals surface area (Å²) in [4.78, 5) is 0. The molecule has 0 unspecified atom stereocenters. The van der Waals surface area contributed by atoms with Crippen LogP contribution in [0.4, 0.5) is 30.7 Å². The zero-order valence-corrected chi connectivity index (χ0v) is 17.8. The summed E-state index contributed by atoms with van der Waals surface area (Å²) in [5.74, 6) is -10.1. The Bertz CT molecular complexity index is 1640. The van der Waals surface area contributed by atoms with Crippen molar-refractivity contribution >= 4 is 21.5 Å². The number of hydrogen-bond acceptors (Lipinski definition) is 1. The first-order valence-electron chi connectivity index (χ1n) is 10.2. The van der Waals surface area contributed by atoms with Crippen LogP contribution >= 0.6 is 0 Å². The van der Waals surface area contributed by atoms with E-state index in [1.54, 1.807) is 0 Å². The molecule has 0 heterocycles. The van der Waals surface area contributed by atoms with Crippen molar-refractivity contribution in [2.24, 2.45) is 0 Å². The molecule has 35 heavy (non-hydrogen) atoms. The van der Waals surface area contributed by atoms with E-state index < -0.39 is 57.1 Å². The largest absolute Gasteiger partial charge is 0.497 e. The van der Waals surface area contributed by atoms with Crippen LogP contribution in [0.15, 0.2) is 60.7 Å². The predicted molar refractivity (Wildman–Crippen MR) is 119 cm³/mol. The zero-order valence-electron chi connectivity index (χ0n) is 17.8. The Balaban J connectivity index is 2.10. The van der Waals surface area contributed by atoms with E-state index in [1.807, 2.05) is 0 Å². The fraction of sp³-hybridized carbons (Fsp3) is 0.0370. The van der Waals surface area contributed by atoms with Gasteiger partial charge in [-0.05, 0) is 52.7 Å². The molecule has 8 heteroatoms. The number of methoxy groups -OCH3 is 1. The van der Waals surface area contributed by atoms with Gasteiger partial charge in [-0.2, -0.15) is 0 Å². The van der Waals surface area contributed by atoms with E-state index >= 15 is 8.78 Å². The highest BCUT2D eigenvalue weighted by molar-refractivity contribution is 6.21. The Morgan fingerprint density at radius 3 is 1.71 bits per heavy atom. The molecule has 0 saturated heterocycles. The quantitative estimate of drug-likeness (QED) is 0.108. The van der Waals surface area contributed by atoms with E-state index in [4.69, 9.17) is 4.74 Å². The van der Waals surface area contributed by atoms with Gasteiger partial charge in [0.15, 0.2) is 23.3 Å². The molecule has 0 spiro atoms. The van der Waals surface area contributed by atoms with Crippen LogP contribution in [0.2, 0.25) is 0 Å². The van der Waals surface area contributed by atoms with Crippen molar-refractivity contribution in [1.82, 2.24) is 0 Å². The molecule has 0 radical (unpaired) electrons. The third-order valence-electron chi connectivity index (χ3n) is 5.87. The van der Waals surface area contributed by atoms with Crippen LogP contribution in [-0.4, -0.2) is 7.11 Å². The molecule has 1 nitrogen and oxygen atoms in total. The van der Waals surface area contributed by atoms with Crippen LogP contribution in [0.3, 0.4) is 0 Å². The summed E-state index contributed by atoms with van der Waals surface area (Å²) >= 11 is 0. The van der Waals surface area contributed by atoms with Gasteiger partial charge in [-0.15, -0.1) is 0 Å². The van der Waals surface area contributed by atoms with E-state index in [0.29, 0.717) is 11.8 Å². The van der Waals surface area contributed by atoms with Crippen molar-refractivity contribution in [1.29, 1.82) is 0 Å². The lowest BCUT2D eigenvalue weighted by molar-refractivity contribution is 0.415. The maximum atomic E-state index is 15.4. The van der Waals surface area contributed by atoms with Gasteiger partial charge in [0.1, 0.15) is 23.2 Å². The molecular weight excluding hydrogens is 473 g/mol. The Morgan fingerprint density at radius 2 is 1.11 bits per heavy atom. The molecule has 0 atom stereocenters. The number of hydrogen-bond donors (Lipinski definition) is 0. The molecule has 0 fully saturated rings. The SMILES string of the molecule is COc1ccc(-c2c3cc(F)ccc3c(-c3ccc(F)cc3F)c3c(F)c(F)c(F)c(F)c23)cc1. The summed E-state index contributed by atoms with van der Waals surface area (Å²) in [6, 6.07) is 11.4. The molecule has 0 bridgehead atoms. The second-order valence-electron chi connectivity index (χ2n) is 7.80. The van der Waals surface area contributed by atoms with Gasteiger partial charge >= 0.3 is 0 Å². The normalized spacial score (nSPS) is 11.4. The van der Waals surface area contributed by atoms with Crippen molar-refractivity contribution in [3.63, 3.8) is 0 Å². The number of ether oxygens (including phenoxy) is 1. The Morgan fingerprint density at radius 1 is 0.543 bits per heavy atom. The number of benzene rings is 5. The van der Waals surface area contributed by atoms with Crippen molar-refractivity contribution in [2.45, 2.75) is 0 Å². The van der Waals surface area contributed by atoms with Crippen LogP contribution in [-0.2, 0) is 0 Å². The third-order valence-corrected chi connectivity index (χ3v) is 5.87. The standard InChI is InChI=1S/C27H13F7O/c1-35-15-6-2-12(3-7-15)20-18-10-13(28)4-8-16(18)21(17-9-5-14(29)11-19(17)30)23-22(20)24(31)26(33)27(34)25(23)32/h2-11H,1H3. The topological polar surface area (TPSA) is 9.23 Å². The maximum Gasteiger partial charge on any atom is 0.198 e. The van der Waals surface area contributed by atoms with Gasteiger partial charge in [0.25, 0.3) is 0 Å². The van der Waals surface area contributed by atoms with E-state index in [9.17, 15) is 22.0 Å². The number of rotatable bonds is 3. The van der Waals surface area contributed by atoms with Crippen molar-refractivity contribution in [2.75, 3.05) is 7.11 Å². The fourth-order valence-corrected chi connectivity index (χ4v) is 4.34. The second-order valence-corrected chi connectivity index (χ2v) is 7.80. The van der Waals surface area contributed by atoms with E-state index in [2.05, 4.69) is 0 Å². The highest BCUT2D eigenvalue weighted by atomic mass is 19.2. The van der Waals surface area contributed by atoms with Gasteiger partial charge in [0.2, 0.25) is 0 Å². The number of fused-ring (bicyclic) bond motifs is 2. The minimum atomic E-state index is -2.10. The molecule has 5 aromatic rings. The monoisotopic (exact) mass is 486 g/mol. The van der Waals surface area contributed by atoms with Crippen LogP contribution in [0.25, 0.3) is 43.8 Å². The van der Waals surface area contributed by atoms with E-state index in [0.717, 1.165) is 24.3 Å². The highest BCUT2D eigenvalue weighted by Crippen LogP contribution is 2.47. The minimum absolute atomic E-state index is 0.0135. The van der Waals surface area contributed by atoms with Crippen LogP contribution in [0.1, 0.15) is 0 Å². The first kappa shape index (κ1) is 22.7. The van der Waals surface area contributed by atoms with Crippen LogP contribution in [0.5, 0.6) is 5.75 Å². The molecule has 0 aromatic heterocycles. The first-order valence-corrected chi connectivity index (χ1v) is 10.2. The lowest BCUT2D eigenvalue weighted by Gasteiger charge is -2.20. The maximum absolute atomic E-state index is 15.4. The summed E-state index contributed by atoms with van der Waals surface area (Å²) in [5, 5.41) is -1.49. The molecule has 0 amide bonds. The number of halogens is 7. The summed E-state index contributed by atoms with van der Waals surface area (Å²) in [6.45, 7) is 0. The average Bonchev–Trinajstić information content (AvgIpc) is 2.85. The van der Waals surface area contributed by atoms with Crippen molar-refractivity contribution in [3.8, 4) is 28.0 Å². The smallest absolute Gasteiger partial charge is 0.198 e. The molecule has 5 rings (SSSR count). The summed E-state index contributed by atoms with van der Waals surface area (Å²) < 4.78 is 108. The molecule has 176 valence electrons. The Kier molecular flexibility index (Phi) is 5.39. The molecule has 5 aromatic carbocycles. The van der Waals surface area contributed by atoms with Gasteiger partial charge in [0, 0.05) is 33.5 Å². The Hall–Kier alpha value is -4.07. The predicted octanol–water partition coefficient (Wildman–Crippen LogP) is 8.31. The summed E-state index contributed by atoms with van der Waals surface area (Å²) in [7, 11) is 1.41. The summed E-state index contributed by atoms with van der Waals surface area (Å²) in [6.07, 6.45) is 0. The average molecular weight is 486 g/mol. The summed E-state index contributed by atoms with van der Waals surface area (Å²) in [5.41, 5.74) is -0.709. The van der Waals surface area contributed by atoms with Crippen LogP contribution < -0.4 is 4.74 Å². The molecular formula is C27H13F7O. The van der Waals surface area contributed by atoms with E-state index in [1.165, 1.54) is 37.4 Å². The van der Waals surface area contributed by atoms with Gasteiger partial charge in [-0.1, -0.05) is 18.2 Å².